The number of nitrogens with zero attached hydrogens (tertiary/aromatic N) is 3. The summed E-state index contributed by atoms with van der Waals surface area (Å²) in [6.45, 7) is 3.70. The van der Waals surface area contributed by atoms with Gasteiger partial charge in [-0.15, -0.1) is 0 Å². The predicted molar refractivity (Wildman–Crippen MR) is 116 cm³/mol. The smallest absolute Gasteiger partial charge is 0.271 e. The Hall–Kier alpha value is -3.53. The Labute approximate surface area is 184 Å². The van der Waals surface area contributed by atoms with Crippen LogP contribution in [0.15, 0.2) is 42.5 Å². The van der Waals surface area contributed by atoms with Gasteiger partial charge >= 0.3 is 0 Å². The molecule has 1 unspecified atom stereocenters. The topological polar surface area (TPSA) is 105 Å². The van der Waals surface area contributed by atoms with E-state index in [1.54, 1.807) is 24.0 Å². The van der Waals surface area contributed by atoms with Crippen LogP contribution in [0.2, 0.25) is 0 Å². The molecular formula is C22H25FN4O5. The summed E-state index contributed by atoms with van der Waals surface area (Å²) >= 11 is 0. The number of nitro benzene ring substituents is 1. The SMILES string of the molecule is COc1ccc([N+](=O)[O-])cc1NC(=O)C(C)N1CCN(C(=O)Cc2ccc(F)cc2)CC1. The van der Waals surface area contributed by atoms with Gasteiger partial charge in [0.2, 0.25) is 11.8 Å². The summed E-state index contributed by atoms with van der Waals surface area (Å²) in [5, 5.41) is 13.7. The maximum atomic E-state index is 13.0. The predicted octanol–water partition coefficient (Wildman–Crippen LogP) is 2.46. The van der Waals surface area contributed by atoms with E-state index in [-0.39, 0.29) is 35.4 Å². The number of carbonyl (C=O) groups is 2. The summed E-state index contributed by atoms with van der Waals surface area (Å²) in [7, 11) is 1.42. The van der Waals surface area contributed by atoms with Gasteiger partial charge in [0.1, 0.15) is 11.6 Å². The van der Waals surface area contributed by atoms with Crippen LogP contribution in [-0.2, 0) is 16.0 Å². The van der Waals surface area contributed by atoms with Gasteiger partial charge in [-0.3, -0.25) is 24.6 Å². The van der Waals surface area contributed by atoms with Crippen LogP contribution in [-0.4, -0.2) is 65.9 Å². The molecule has 1 aliphatic heterocycles. The monoisotopic (exact) mass is 444 g/mol. The van der Waals surface area contributed by atoms with Crippen molar-refractivity contribution < 1.29 is 23.6 Å². The zero-order valence-electron chi connectivity index (χ0n) is 17.9. The fraction of sp³-hybridized carbons (Fsp3) is 0.364. The molecule has 32 heavy (non-hydrogen) atoms. The van der Waals surface area contributed by atoms with Gasteiger partial charge in [0.15, 0.2) is 0 Å². The van der Waals surface area contributed by atoms with E-state index in [1.807, 2.05) is 4.90 Å². The van der Waals surface area contributed by atoms with Crippen molar-refractivity contribution in [1.29, 1.82) is 0 Å². The average molecular weight is 444 g/mol. The number of halogens is 1. The first-order valence-corrected chi connectivity index (χ1v) is 10.2. The van der Waals surface area contributed by atoms with Crippen molar-refractivity contribution >= 4 is 23.2 Å². The Kier molecular flexibility index (Phi) is 7.37. The molecule has 9 nitrogen and oxygen atoms in total. The lowest BCUT2D eigenvalue weighted by molar-refractivity contribution is -0.384. The minimum Gasteiger partial charge on any atom is -0.495 e. The number of anilines is 1. The number of benzene rings is 2. The van der Waals surface area contributed by atoms with Crippen LogP contribution in [0.25, 0.3) is 0 Å². The molecular weight excluding hydrogens is 419 g/mol. The molecule has 170 valence electrons. The second-order valence-corrected chi connectivity index (χ2v) is 7.53. The van der Waals surface area contributed by atoms with Crippen LogP contribution in [0.4, 0.5) is 15.8 Å². The largest absolute Gasteiger partial charge is 0.495 e. The van der Waals surface area contributed by atoms with Gasteiger partial charge in [-0.1, -0.05) is 12.1 Å². The number of non-ortho nitro benzene ring substituents is 1. The zero-order valence-corrected chi connectivity index (χ0v) is 17.9. The molecule has 0 saturated carbocycles. The van der Waals surface area contributed by atoms with Crippen LogP contribution in [0.1, 0.15) is 12.5 Å². The summed E-state index contributed by atoms with van der Waals surface area (Å²) in [4.78, 5) is 39.4. The molecule has 1 fully saturated rings. The van der Waals surface area contributed by atoms with Crippen LogP contribution in [0.3, 0.4) is 0 Å². The Morgan fingerprint density at radius 1 is 1.16 bits per heavy atom. The zero-order chi connectivity index (χ0) is 23.3. The van der Waals surface area contributed by atoms with Gasteiger partial charge in [-0.2, -0.15) is 0 Å². The van der Waals surface area contributed by atoms with Crippen LogP contribution in [0, 0.1) is 15.9 Å². The number of hydrogen-bond acceptors (Lipinski definition) is 6. The van der Waals surface area contributed by atoms with Gasteiger partial charge in [0.05, 0.1) is 30.2 Å². The van der Waals surface area contributed by atoms with E-state index in [4.69, 9.17) is 4.74 Å². The molecule has 0 aromatic heterocycles. The second-order valence-electron chi connectivity index (χ2n) is 7.53. The van der Waals surface area contributed by atoms with Crippen LogP contribution in [0.5, 0.6) is 5.75 Å². The fourth-order valence-corrected chi connectivity index (χ4v) is 3.56. The lowest BCUT2D eigenvalue weighted by Gasteiger charge is -2.37. The van der Waals surface area contributed by atoms with E-state index in [2.05, 4.69) is 5.32 Å². The van der Waals surface area contributed by atoms with Crippen LogP contribution >= 0.6 is 0 Å². The Morgan fingerprint density at radius 3 is 2.41 bits per heavy atom. The minimum atomic E-state index is -0.541. The molecule has 2 amide bonds. The number of hydrogen-bond donors (Lipinski definition) is 1. The molecule has 0 aliphatic carbocycles. The Balaban J connectivity index is 1.55. The summed E-state index contributed by atoms with van der Waals surface area (Å²) in [6.07, 6.45) is 0.197. The Morgan fingerprint density at radius 2 is 1.81 bits per heavy atom. The Bertz CT molecular complexity index is 990. The van der Waals surface area contributed by atoms with Crippen molar-refractivity contribution in [3.05, 3.63) is 64.0 Å². The average Bonchev–Trinajstić information content (AvgIpc) is 2.80. The van der Waals surface area contributed by atoms with Crippen molar-refractivity contribution in [2.75, 3.05) is 38.6 Å². The normalized spacial score (nSPS) is 15.2. The third kappa shape index (κ3) is 5.58. The molecule has 1 saturated heterocycles. The highest BCUT2D eigenvalue weighted by atomic mass is 19.1. The minimum absolute atomic E-state index is 0.0466. The third-order valence-electron chi connectivity index (χ3n) is 5.51. The van der Waals surface area contributed by atoms with Crippen molar-refractivity contribution in [1.82, 2.24) is 9.80 Å². The maximum absolute atomic E-state index is 13.0. The van der Waals surface area contributed by atoms with Crippen molar-refractivity contribution in [2.45, 2.75) is 19.4 Å². The van der Waals surface area contributed by atoms with Gasteiger partial charge in [-0.25, -0.2) is 4.39 Å². The highest BCUT2D eigenvalue weighted by Crippen LogP contribution is 2.29. The molecule has 1 atom stereocenters. The van der Waals surface area contributed by atoms with E-state index < -0.39 is 11.0 Å². The van der Waals surface area contributed by atoms with E-state index in [1.165, 1.54) is 37.4 Å². The molecule has 0 spiro atoms. The first kappa shape index (κ1) is 23.1. The highest BCUT2D eigenvalue weighted by molar-refractivity contribution is 5.96. The van der Waals surface area contributed by atoms with E-state index >= 15 is 0 Å². The summed E-state index contributed by atoms with van der Waals surface area (Å²) in [5.74, 6) is -0.387. The second kappa shape index (κ2) is 10.2. The molecule has 0 radical (unpaired) electrons. The molecule has 2 aromatic rings. The van der Waals surface area contributed by atoms with Gasteiger partial charge in [0, 0.05) is 38.3 Å². The molecule has 0 bridgehead atoms. The lowest BCUT2D eigenvalue weighted by Crippen LogP contribution is -2.54. The molecule has 1 N–H and O–H groups in total. The van der Waals surface area contributed by atoms with Crippen molar-refractivity contribution in [3.8, 4) is 5.75 Å². The molecule has 1 aliphatic rings. The van der Waals surface area contributed by atoms with Gasteiger partial charge in [-0.05, 0) is 30.7 Å². The molecule has 2 aromatic carbocycles. The summed E-state index contributed by atoms with van der Waals surface area (Å²) in [6, 6.07) is 9.35. The summed E-state index contributed by atoms with van der Waals surface area (Å²) in [5.41, 5.74) is 0.825. The first-order chi connectivity index (χ1) is 15.3. The van der Waals surface area contributed by atoms with Gasteiger partial charge in [0.25, 0.3) is 5.69 Å². The standard InChI is InChI=1S/C22H25FN4O5/c1-15(22(29)24-19-14-18(27(30)31)7-8-20(19)32-2)25-9-11-26(12-10-25)21(28)13-16-3-5-17(23)6-4-16/h3-8,14-15H,9-13H2,1-2H3,(H,24,29). The molecule has 1 heterocycles. The number of nitrogens with one attached hydrogen (secondary N) is 1. The number of carbonyl (C=O) groups excluding carboxylic acids is 2. The summed E-state index contributed by atoms with van der Waals surface area (Å²) < 4.78 is 18.2. The van der Waals surface area contributed by atoms with E-state index in [0.717, 1.165) is 5.56 Å². The number of rotatable bonds is 7. The molecule has 10 heteroatoms. The number of amides is 2. The third-order valence-corrected chi connectivity index (χ3v) is 5.51. The van der Waals surface area contributed by atoms with E-state index in [0.29, 0.717) is 31.9 Å². The number of methoxy groups -OCH3 is 1. The van der Waals surface area contributed by atoms with Crippen molar-refractivity contribution in [2.24, 2.45) is 0 Å². The van der Waals surface area contributed by atoms with E-state index in [9.17, 15) is 24.1 Å². The number of ether oxygens (including phenoxy) is 1. The van der Waals surface area contributed by atoms with Crippen LogP contribution < -0.4 is 10.1 Å². The molecule has 3 rings (SSSR count). The quantitative estimate of drug-likeness (QED) is 0.520. The first-order valence-electron chi connectivity index (χ1n) is 10.2. The number of piperazine rings is 1. The van der Waals surface area contributed by atoms with Crippen molar-refractivity contribution in [3.63, 3.8) is 0 Å². The van der Waals surface area contributed by atoms with Gasteiger partial charge < -0.3 is 15.0 Å². The lowest BCUT2D eigenvalue weighted by atomic mass is 10.1. The fourth-order valence-electron chi connectivity index (χ4n) is 3.56. The maximum Gasteiger partial charge on any atom is 0.271 e. The number of nitro groups is 1. The highest BCUT2D eigenvalue weighted by Gasteiger charge is 2.28.